The van der Waals surface area contributed by atoms with Gasteiger partial charge in [-0.15, -0.1) is 12.4 Å². The van der Waals surface area contributed by atoms with E-state index in [9.17, 15) is 0 Å². The van der Waals surface area contributed by atoms with E-state index in [4.69, 9.17) is 21.1 Å². The zero-order chi connectivity index (χ0) is 19.6. The van der Waals surface area contributed by atoms with Gasteiger partial charge in [-0.3, -0.25) is 0 Å². The summed E-state index contributed by atoms with van der Waals surface area (Å²) in [5.74, 6) is 1.47. The first-order chi connectivity index (χ1) is 13.7. The van der Waals surface area contributed by atoms with Crippen molar-refractivity contribution in [2.45, 2.75) is 33.0 Å². The van der Waals surface area contributed by atoms with Crippen molar-refractivity contribution < 1.29 is 9.47 Å². The summed E-state index contributed by atoms with van der Waals surface area (Å²) in [6, 6.07) is 9.70. The Kier molecular flexibility index (Phi) is 9.77. The molecule has 0 saturated carbocycles. The standard InChI is InChI=1S/C21H25ClN4O2.ClH/c1-2-27-20-12-17(13-23-8-3-10-26-11-9-24-16-26)4-6-19(20)28-15-18-5-7-21(22)25-14-18;/h4-7,9,11-12,14,16,23H,2-3,8,10,13,15H2,1H3;1H. The minimum Gasteiger partial charge on any atom is -0.490 e. The van der Waals surface area contributed by atoms with E-state index in [1.165, 1.54) is 0 Å². The van der Waals surface area contributed by atoms with Gasteiger partial charge in [-0.25, -0.2) is 9.97 Å². The molecule has 1 N–H and O–H groups in total. The molecule has 0 fully saturated rings. The van der Waals surface area contributed by atoms with E-state index in [1.54, 1.807) is 18.5 Å². The maximum absolute atomic E-state index is 5.92. The number of hydrogen-bond donors (Lipinski definition) is 1. The van der Waals surface area contributed by atoms with E-state index in [-0.39, 0.29) is 12.4 Å². The average Bonchev–Trinajstić information content (AvgIpc) is 3.22. The van der Waals surface area contributed by atoms with Crippen LogP contribution in [-0.2, 0) is 19.7 Å². The van der Waals surface area contributed by atoms with Crippen molar-refractivity contribution in [3.8, 4) is 11.5 Å². The second kappa shape index (κ2) is 12.3. The number of halogens is 2. The van der Waals surface area contributed by atoms with Crippen LogP contribution < -0.4 is 14.8 Å². The number of benzene rings is 1. The lowest BCUT2D eigenvalue weighted by atomic mass is 10.2. The van der Waals surface area contributed by atoms with Crippen molar-refractivity contribution in [1.82, 2.24) is 19.9 Å². The number of hydrogen-bond acceptors (Lipinski definition) is 5. The van der Waals surface area contributed by atoms with E-state index in [2.05, 4.69) is 25.9 Å². The number of imidazole rings is 1. The highest BCUT2D eigenvalue weighted by Crippen LogP contribution is 2.29. The molecule has 1 aromatic carbocycles. The smallest absolute Gasteiger partial charge is 0.161 e. The number of ether oxygens (including phenoxy) is 2. The highest BCUT2D eigenvalue weighted by atomic mass is 35.5. The highest BCUT2D eigenvalue weighted by molar-refractivity contribution is 6.29. The fourth-order valence-electron chi connectivity index (χ4n) is 2.74. The molecule has 3 aromatic rings. The number of aryl methyl sites for hydroxylation is 1. The summed E-state index contributed by atoms with van der Waals surface area (Å²) in [7, 11) is 0. The fraction of sp³-hybridized carbons (Fsp3) is 0.333. The molecule has 0 aliphatic heterocycles. The first kappa shape index (κ1) is 23.0. The molecule has 2 aromatic heterocycles. The zero-order valence-electron chi connectivity index (χ0n) is 16.4. The van der Waals surface area contributed by atoms with Crippen LogP contribution in [0.15, 0.2) is 55.2 Å². The number of nitrogens with zero attached hydrogens (tertiary/aromatic N) is 3. The largest absolute Gasteiger partial charge is 0.490 e. The molecule has 29 heavy (non-hydrogen) atoms. The predicted molar refractivity (Wildman–Crippen MR) is 117 cm³/mol. The summed E-state index contributed by atoms with van der Waals surface area (Å²) in [6.07, 6.45) is 8.38. The molecule has 8 heteroatoms. The predicted octanol–water partition coefficient (Wildman–Crippen LogP) is 4.51. The summed E-state index contributed by atoms with van der Waals surface area (Å²) >= 11 is 5.82. The second-order valence-corrected chi connectivity index (χ2v) is 6.71. The van der Waals surface area contributed by atoms with Crippen molar-refractivity contribution >= 4 is 24.0 Å². The Hall–Kier alpha value is -2.28. The molecule has 6 nitrogen and oxygen atoms in total. The topological polar surface area (TPSA) is 61.2 Å². The van der Waals surface area contributed by atoms with Gasteiger partial charge in [-0.1, -0.05) is 23.7 Å². The number of pyridine rings is 1. The molecule has 0 aliphatic carbocycles. The number of rotatable bonds is 11. The Morgan fingerprint density at radius 2 is 1.97 bits per heavy atom. The van der Waals surface area contributed by atoms with Crippen molar-refractivity contribution in [3.05, 3.63) is 71.5 Å². The Morgan fingerprint density at radius 3 is 2.69 bits per heavy atom. The highest BCUT2D eigenvalue weighted by Gasteiger charge is 2.07. The third kappa shape index (κ3) is 7.57. The molecule has 156 valence electrons. The van der Waals surface area contributed by atoms with Crippen LogP contribution in [0.5, 0.6) is 11.5 Å². The third-order valence-electron chi connectivity index (χ3n) is 4.15. The van der Waals surface area contributed by atoms with Crippen LogP contribution in [0.25, 0.3) is 0 Å². The summed E-state index contributed by atoms with van der Waals surface area (Å²) < 4.78 is 13.8. The molecule has 0 radical (unpaired) electrons. The Labute approximate surface area is 182 Å². The lowest BCUT2D eigenvalue weighted by Crippen LogP contribution is -2.16. The maximum atomic E-state index is 5.92. The fourth-order valence-corrected chi connectivity index (χ4v) is 2.85. The first-order valence-electron chi connectivity index (χ1n) is 9.40. The van der Waals surface area contributed by atoms with Crippen LogP contribution in [0.3, 0.4) is 0 Å². The van der Waals surface area contributed by atoms with Crippen molar-refractivity contribution in [2.24, 2.45) is 0 Å². The van der Waals surface area contributed by atoms with Crippen molar-refractivity contribution in [2.75, 3.05) is 13.2 Å². The van der Waals surface area contributed by atoms with Gasteiger partial charge < -0.3 is 19.4 Å². The van der Waals surface area contributed by atoms with Gasteiger partial charge in [0.25, 0.3) is 0 Å². The summed E-state index contributed by atoms with van der Waals surface area (Å²) in [4.78, 5) is 8.12. The first-order valence-corrected chi connectivity index (χ1v) is 9.78. The van der Waals surface area contributed by atoms with Crippen molar-refractivity contribution in [1.29, 1.82) is 0 Å². The van der Waals surface area contributed by atoms with Crippen LogP contribution in [0, 0.1) is 0 Å². The molecule has 0 atom stereocenters. The van der Waals surface area contributed by atoms with Gasteiger partial charge in [0, 0.05) is 37.2 Å². The van der Waals surface area contributed by atoms with E-state index in [0.717, 1.165) is 48.7 Å². The Morgan fingerprint density at radius 1 is 1.10 bits per heavy atom. The average molecular weight is 437 g/mol. The van der Waals surface area contributed by atoms with Gasteiger partial charge in [0.1, 0.15) is 11.8 Å². The van der Waals surface area contributed by atoms with Gasteiger partial charge in [-0.05, 0) is 43.7 Å². The molecular formula is C21H26Cl2N4O2. The van der Waals surface area contributed by atoms with E-state index in [0.29, 0.717) is 18.4 Å². The number of nitrogens with one attached hydrogen (secondary N) is 1. The van der Waals surface area contributed by atoms with Gasteiger partial charge >= 0.3 is 0 Å². The quantitative estimate of drug-likeness (QED) is 0.353. The minimum absolute atomic E-state index is 0. The van der Waals surface area contributed by atoms with E-state index in [1.807, 2.05) is 37.6 Å². The van der Waals surface area contributed by atoms with Gasteiger partial charge in [-0.2, -0.15) is 0 Å². The molecule has 2 heterocycles. The minimum atomic E-state index is 0. The SMILES string of the molecule is CCOc1cc(CNCCCn2ccnc2)ccc1OCc1ccc(Cl)nc1.Cl. The molecule has 0 aliphatic rings. The van der Waals surface area contributed by atoms with Crippen LogP contribution in [-0.4, -0.2) is 27.7 Å². The summed E-state index contributed by atoms with van der Waals surface area (Å²) in [5.41, 5.74) is 2.11. The number of aromatic nitrogens is 3. The molecule has 0 amide bonds. The van der Waals surface area contributed by atoms with E-state index < -0.39 is 0 Å². The Bertz CT molecular complexity index is 842. The maximum Gasteiger partial charge on any atom is 0.161 e. The summed E-state index contributed by atoms with van der Waals surface area (Å²) in [5, 5.41) is 3.94. The molecule has 0 bridgehead atoms. The van der Waals surface area contributed by atoms with Crippen LogP contribution in [0.1, 0.15) is 24.5 Å². The van der Waals surface area contributed by atoms with Crippen molar-refractivity contribution in [3.63, 3.8) is 0 Å². The Balaban J connectivity index is 0.00000300. The second-order valence-electron chi connectivity index (χ2n) is 6.32. The lowest BCUT2D eigenvalue weighted by Gasteiger charge is -2.14. The lowest BCUT2D eigenvalue weighted by molar-refractivity contribution is 0.269. The van der Waals surface area contributed by atoms with Crippen LogP contribution >= 0.6 is 24.0 Å². The van der Waals surface area contributed by atoms with Gasteiger partial charge in [0.2, 0.25) is 0 Å². The molecule has 3 rings (SSSR count). The van der Waals surface area contributed by atoms with Gasteiger partial charge in [0.05, 0.1) is 12.9 Å². The molecule has 0 saturated heterocycles. The van der Waals surface area contributed by atoms with Gasteiger partial charge in [0.15, 0.2) is 11.5 Å². The third-order valence-corrected chi connectivity index (χ3v) is 4.37. The monoisotopic (exact) mass is 436 g/mol. The molecule has 0 unspecified atom stereocenters. The molecular weight excluding hydrogens is 411 g/mol. The van der Waals surface area contributed by atoms with Crippen LogP contribution in [0.4, 0.5) is 0 Å². The van der Waals surface area contributed by atoms with E-state index >= 15 is 0 Å². The zero-order valence-corrected chi connectivity index (χ0v) is 18.0. The molecule has 0 spiro atoms. The normalized spacial score (nSPS) is 10.4. The van der Waals surface area contributed by atoms with Crippen LogP contribution in [0.2, 0.25) is 5.15 Å². The summed E-state index contributed by atoms with van der Waals surface area (Å²) in [6.45, 7) is 5.64.